The summed E-state index contributed by atoms with van der Waals surface area (Å²) in [6.07, 6.45) is 3.11. The maximum absolute atomic E-state index is 12.6. The highest BCUT2D eigenvalue weighted by atomic mass is 35.5. The molecule has 1 aliphatic rings. The lowest BCUT2D eigenvalue weighted by Gasteiger charge is -2.26. The predicted molar refractivity (Wildman–Crippen MR) is 109 cm³/mol. The van der Waals surface area contributed by atoms with Gasteiger partial charge in [-0.25, -0.2) is 13.1 Å². The first-order valence-electron chi connectivity index (χ1n) is 9.41. The van der Waals surface area contributed by atoms with Gasteiger partial charge in [-0.1, -0.05) is 29.8 Å². The molecule has 1 atom stereocenters. The average molecular weight is 422 g/mol. The van der Waals surface area contributed by atoms with E-state index in [4.69, 9.17) is 16.3 Å². The summed E-state index contributed by atoms with van der Waals surface area (Å²) in [5.74, 6) is -0.175. The molecular formula is C21H24ClNO4S. The molecule has 150 valence electrons. The molecule has 0 spiro atoms. The maximum atomic E-state index is 12.6. The topological polar surface area (TPSA) is 72.5 Å². The van der Waals surface area contributed by atoms with Crippen LogP contribution in [0, 0.1) is 0 Å². The van der Waals surface area contributed by atoms with E-state index in [-0.39, 0.29) is 23.2 Å². The van der Waals surface area contributed by atoms with Crippen LogP contribution in [0.5, 0.6) is 0 Å². The van der Waals surface area contributed by atoms with Gasteiger partial charge in [-0.15, -0.1) is 0 Å². The summed E-state index contributed by atoms with van der Waals surface area (Å²) < 4.78 is 32.9. The Morgan fingerprint density at radius 1 is 1.21 bits per heavy atom. The lowest BCUT2D eigenvalue weighted by molar-refractivity contribution is -0.142. The Balaban J connectivity index is 1.74. The number of sulfonamides is 1. The molecule has 1 aliphatic carbocycles. The first-order chi connectivity index (χ1) is 13.4. The number of aryl methyl sites for hydroxylation is 1. The van der Waals surface area contributed by atoms with E-state index in [1.54, 1.807) is 19.1 Å². The molecule has 0 saturated heterocycles. The van der Waals surface area contributed by atoms with Gasteiger partial charge in [-0.3, -0.25) is 4.79 Å². The molecule has 0 fully saturated rings. The standard InChI is InChI=1S/C21H24ClNO4S/c1-2-27-21(24)13-15-6-7-16-4-3-5-17(20(16)12-15)14-23-28(25,26)19-10-8-18(22)9-11-19/h6-12,17,23H,2-5,13-14H2,1H3. The molecule has 2 aromatic carbocycles. The fourth-order valence-corrected chi connectivity index (χ4v) is 4.76. The highest BCUT2D eigenvalue weighted by Crippen LogP contribution is 2.32. The summed E-state index contributed by atoms with van der Waals surface area (Å²) in [5, 5.41) is 0.495. The summed E-state index contributed by atoms with van der Waals surface area (Å²) in [6.45, 7) is 2.47. The van der Waals surface area contributed by atoms with Crippen LogP contribution in [0.15, 0.2) is 47.4 Å². The third-order valence-corrected chi connectivity index (χ3v) is 6.64. The second kappa shape index (κ2) is 9.07. The lowest BCUT2D eigenvalue weighted by Crippen LogP contribution is -2.30. The minimum absolute atomic E-state index is 0.0768. The summed E-state index contributed by atoms with van der Waals surface area (Å²) in [6, 6.07) is 12.1. The molecule has 0 heterocycles. The van der Waals surface area contributed by atoms with Crippen LogP contribution in [0.3, 0.4) is 0 Å². The van der Waals surface area contributed by atoms with Crippen molar-refractivity contribution in [3.63, 3.8) is 0 Å². The van der Waals surface area contributed by atoms with Crippen molar-refractivity contribution in [2.24, 2.45) is 0 Å². The Labute approximate surface area is 171 Å². The van der Waals surface area contributed by atoms with Crippen LogP contribution < -0.4 is 4.72 Å². The van der Waals surface area contributed by atoms with Gasteiger partial charge in [0.2, 0.25) is 10.0 Å². The fourth-order valence-electron chi connectivity index (χ4n) is 3.55. The second-order valence-corrected chi connectivity index (χ2v) is 9.11. The van der Waals surface area contributed by atoms with Crippen molar-refractivity contribution in [1.29, 1.82) is 0 Å². The third kappa shape index (κ3) is 5.13. The maximum Gasteiger partial charge on any atom is 0.310 e. The Kier molecular flexibility index (Phi) is 6.75. The van der Waals surface area contributed by atoms with E-state index < -0.39 is 10.0 Å². The highest BCUT2D eigenvalue weighted by Gasteiger charge is 2.23. The van der Waals surface area contributed by atoms with Crippen LogP contribution >= 0.6 is 11.6 Å². The molecule has 0 radical (unpaired) electrons. The largest absolute Gasteiger partial charge is 0.466 e. The third-order valence-electron chi connectivity index (χ3n) is 4.95. The van der Waals surface area contributed by atoms with Gasteiger partial charge in [-0.05, 0) is 73.1 Å². The van der Waals surface area contributed by atoms with Crippen molar-refractivity contribution >= 4 is 27.6 Å². The number of halogens is 1. The zero-order chi connectivity index (χ0) is 20.1. The summed E-state index contributed by atoms with van der Waals surface area (Å²) in [7, 11) is -3.60. The molecule has 1 N–H and O–H groups in total. The van der Waals surface area contributed by atoms with E-state index in [0.29, 0.717) is 18.2 Å². The number of hydrogen-bond acceptors (Lipinski definition) is 4. The first kappa shape index (κ1) is 20.8. The molecule has 3 rings (SSSR count). The quantitative estimate of drug-likeness (QED) is 0.689. The minimum Gasteiger partial charge on any atom is -0.466 e. The van der Waals surface area contributed by atoms with Crippen molar-refractivity contribution < 1.29 is 17.9 Å². The Hall–Kier alpha value is -1.89. The summed E-state index contributed by atoms with van der Waals surface area (Å²) in [4.78, 5) is 12.0. The van der Waals surface area contributed by atoms with E-state index >= 15 is 0 Å². The van der Waals surface area contributed by atoms with Crippen LogP contribution in [-0.4, -0.2) is 27.5 Å². The van der Waals surface area contributed by atoms with Crippen molar-refractivity contribution in [3.8, 4) is 0 Å². The number of carbonyl (C=O) groups excluding carboxylic acids is 1. The fraction of sp³-hybridized carbons (Fsp3) is 0.381. The zero-order valence-electron chi connectivity index (χ0n) is 15.8. The molecular weight excluding hydrogens is 398 g/mol. The number of esters is 1. The van der Waals surface area contributed by atoms with Crippen LogP contribution in [-0.2, 0) is 32.4 Å². The van der Waals surface area contributed by atoms with Gasteiger partial charge >= 0.3 is 5.97 Å². The van der Waals surface area contributed by atoms with Gasteiger partial charge in [0, 0.05) is 11.6 Å². The van der Waals surface area contributed by atoms with Crippen LogP contribution in [0.2, 0.25) is 5.02 Å². The minimum atomic E-state index is -3.60. The number of nitrogens with one attached hydrogen (secondary N) is 1. The van der Waals surface area contributed by atoms with Gasteiger partial charge in [0.05, 0.1) is 17.9 Å². The molecule has 7 heteroatoms. The second-order valence-electron chi connectivity index (χ2n) is 6.91. The van der Waals surface area contributed by atoms with Gasteiger partial charge in [-0.2, -0.15) is 0 Å². The van der Waals surface area contributed by atoms with Crippen molar-refractivity contribution in [2.75, 3.05) is 13.2 Å². The number of hydrogen-bond donors (Lipinski definition) is 1. The van der Waals surface area contributed by atoms with E-state index in [2.05, 4.69) is 4.72 Å². The molecule has 0 aromatic heterocycles. The molecule has 28 heavy (non-hydrogen) atoms. The average Bonchev–Trinajstić information content (AvgIpc) is 2.67. The monoisotopic (exact) mass is 421 g/mol. The van der Waals surface area contributed by atoms with Crippen molar-refractivity contribution in [2.45, 2.75) is 43.4 Å². The number of fused-ring (bicyclic) bond motifs is 1. The van der Waals surface area contributed by atoms with Crippen LogP contribution in [0.25, 0.3) is 0 Å². The number of carbonyl (C=O) groups is 1. The van der Waals surface area contributed by atoms with Crippen molar-refractivity contribution in [1.82, 2.24) is 4.72 Å². The van der Waals surface area contributed by atoms with E-state index in [0.717, 1.165) is 30.4 Å². The van der Waals surface area contributed by atoms with Gasteiger partial charge in [0.15, 0.2) is 0 Å². The Bertz CT molecular complexity index is 941. The van der Waals surface area contributed by atoms with Crippen LogP contribution in [0.4, 0.5) is 0 Å². The molecule has 0 saturated carbocycles. The van der Waals surface area contributed by atoms with E-state index in [9.17, 15) is 13.2 Å². The Morgan fingerprint density at radius 2 is 1.96 bits per heavy atom. The summed E-state index contributed by atoms with van der Waals surface area (Å²) in [5.41, 5.74) is 3.23. The van der Waals surface area contributed by atoms with Gasteiger partial charge < -0.3 is 4.74 Å². The normalized spacial score (nSPS) is 16.4. The van der Waals surface area contributed by atoms with E-state index in [1.165, 1.54) is 17.7 Å². The molecule has 0 amide bonds. The number of benzene rings is 2. The van der Waals surface area contributed by atoms with Crippen LogP contribution in [0.1, 0.15) is 42.4 Å². The highest BCUT2D eigenvalue weighted by molar-refractivity contribution is 7.89. The SMILES string of the molecule is CCOC(=O)Cc1ccc2c(c1)C(CNS(=O)(=O)c1ccc(Cl)cc1)CCC2. The smallest absolute Gasteiger partial charge is 0.310 e. The van der Waals surface area contributed by atoms with E-state index in [1.807, 2.05) is 18.2 Å². The number of rotatable bonds is 7. The molecule has 0 aliphatic heterocycles. The summed E-state index contributed by atoms with van der Waals surface area (Å²) >= 11 is 5.84. The first-order valence-corrected chi connectivity index (χ1v) is 11.3. The van der Waals surface area contributed by atoms with Gasteiger partial charge in [0.25, 0.3) is 0 Å². The van der Waals surface area contributed by atoms with Crippen molar-refractivity contribution in [3.05, 3.63) is 64.2 Å². The van der Waals surface area contributed by atoms with Gasteiger partial charge in [0.1, 0.15) is 0 Å². The molecule has 0 bridgehead atoms. The molecule has 1 unspecified atom stereocenters. The Morgan fingerprint density at radius 3 is 2.68 bits per heavy atom. The molecule has 5 nitrogen and oxygen atoms in total. The molecule has 2 aromatic rings. The number of ether oxygens (including phenoxy) is 1. The lowest BCUT2D eigenvalue weighted by atomic mass is 9.82. The predicted octanol–water partition coefficient (Wildman–Crippen LogP) is 3.84. The zero-order valence-corrected chi connectivity index (χ0v) is 17.4.